The number of benzene rings is 1. The molecule has 17 heavy (non-hydrogen) atoms. The number of halogens is 1. The van der Waals surface area contributed by atoms with Gasteiger partial charge in [-0.3, -0.25) is 0 Å². The molecule has 0 bridgehead atoms. The fraction of sp³-hybridized carbons (Fsp3) is 0.571. The summed E-state index contributed by atoms with van der Waals surface area (Å²) in [5.74, 6) is 0.636. The van der Waals surface area contributed by atoms with Gasteiger partial charge in [0.2, 0.25) is 0 Å². The van der Waals surface area contributed by atoms with Gasteiger partial charge in [0.05, 0.1) is 0 Å². The summed E-state index contributed by atoms with van der Waals surface area (Å²) in [4.78, 5) is 2.20. The van der Waals surface area contributed by atoms with E-state index < -0.39 is 0 Å². The molecule has 1 atom stereocenters. The maximum atomic E-state index is 13.8. The minimum absolute atomic E-state index is 0.136. The van der Waals surface area contributed by atoms with Crippen LogP contribution in [-0.2, 0) is 6.42 Å². The van der Waals surface area contributed by atoms with Crippen molar-refractivity contribution in [3.63, 3.8) is 0 Å². The molecule has 1 fully saturated rings. The van der Waals surface area contributed by atoms with E-state index in [-0.39, 0.29) is 5.82 Å². The van der Waals surface area contributed by atoms with E-state index in [1.165, 1.54) is 18.9 Å². The third-order valence-corrected chi connectivity index (χ3v) is 3.78. The number of hydrogen-bond donors (Lipinski definition) is 1. The standard InChI is InChI=1S/C14H21FN2/c1-10(11-6-7-11)17(2)14-5-3-4-13(15)12(14)8-9-16/h3-5,10-11H,6-9,16H2,1-2H3. The monoisotopic (exact) mass is 236 g/mol. The summed E-state index contributed by atoms with van der Waals surface area (Å²) in [5.41, 5.74) is 7.31. The van der Waals surface area contributed by atoms with Crippen molar-refractivity contribution in [3.05, 3.63) is 29.6 Å². The molecule has 1 unspecified atom stereocenters. The van der Waals surface area contributed by atoms with Crippen LogP contribution in [-0.4, -0.2) is 19.6 Å². The molecule has 0 radical (unpaired) electrons. The first-order chi connectivity index (χ1) is 8.15. The molecule has 2 N–H and O–H groups in total. The van der Waals surface area contributed by atoms with Crippen LogP contribution in [0.4, 0.5) is 10.1 Å². The van der Waals surface area contributed by atoms with Crippen molar-refractivity contribution in [2.75, 3.05) is 18.5 Å². The second-order valence-electron chi connectivity index (χ2n) is 4.97. The Morgan fingerprint density at radius 2 is 2.18 bits per heavy atom. The predicted octanol–water partition coefficient (Wildman–Crippen LogP) is 2.56. The number of nitrogens with two attached hydrogens (primary N) is 1. The predicted molar refractivity (Wildman–Crippen MR) is 69.7 cm³/mol. The Morgan fingerprint density at radius 3 is 2.76 bits per heavy atom. The van der Waals surface area contributed by atoms with Gasteiger partial charge in [0.15, 0.2) is 0 Å². The summed E-state index contributed by atoms with van der Waals surface area (Å²) >= 11 is 0. The quantitative estimate of drug-likeness (QED) is 0.851. The van der Waals surface area contributed by atoms with Crippen LogP contribution in [0.5, 0.6) is 0 Å². The van der Waals surface area contributed by atoms with Crippen molar-refractivity contribution in [1.82, 2.24) is 0 Å². The molecule has 1 aliphatic carbocycles. The van der Waals surface area contributed by atoms with Crippen LogP contribution >= 0.6 is 0 Å². The van der Waals surface area contributed by atoms with E-state index in [0.29, 0.717) is 19.0 Å². The minimum Gasteiger partial charge on any atom is -0.371 e. The van der Waals surface area contributed by atoms with Gasteiger partial charge in [0, 0.05) is 24.3 Å². The zero-order valence-corrected chi connectivity index (χ0v) is 10.6. The lowest BCUT2D eigenvalue weighted by Gasteiger charge is -2.29. The van der Waals surface area contributed by atoms with Crippen LogP contribution in [0.3, 0.4) is 0 Å². The van der Waals surface area contributed by atoms with E-state index in [2.05, 4.69) is 18.9 Å². The average molecular weight is 236 g/mol. The Labute approximate surface area is 103 Å². The van der Waals surface area contributed by atoms with E-state index in [1.807, 2.05) is 6.07 Å². The third-order valence-electron chi connectivity index (χ3n) is 3.78. The second kappa shape index (κ2) is 5.05. The molecule has 3 heteroatoms. The molecule has 0 spiro atoms. The molecule has 0 amide bonds. The Kier molecular flexibility index (Phi) is 3.67. The molecule has 1 aromatic carbocycles. The van der Waals surface area contributed by atoms with Crippen molar-refractivity contribution in [3.8, 4) is 0 Å². The summed E-state index contributed by atoms with van der Waals surface area (Å²) in [7, 11) is 2.05. The Morgan fingerprint density at radius 1 is 1.47 bits per heavy atom. The highest BCUT2D eigenvalue weighted by molar-refractivity contribution is 5.54. The largest absolute Gasteiger partial charge is 0.371 e. The number of anilines is 1. The normalized spacial score (nSPS) is 16.9. The molecule has 0 heterocycles. The Hall–Kier alpha value is -1.09. The van der Waals surface area contributed by atoms with E-state index in [4.69, 9.17) is 5.73 Å². The maximum Gasteiger partial charge on any atom is 0.128 e. The van der Waals surface area contributed by atoms with Crippen molar-refractivity contribution in [1.29, 1.82) is 0 Å². The summed E-state index contributed by atoms with van der Waals surface area (Å²) in [5, 5.41) is 0. The first kappa shape index (κ1) is 12.4. The van der Waals surface area contributed by atoms with Gasteiger partial charge in [0.25, 0.3) is 0 Å². The van der Waals surface area contributed by atoms with Crippen LogP contribution < -0.4 is 10.6 Å². The van der Waals surface area contributed by atoms with Crippen LogP contribution in [0, 0.1) is 11.7 Å². The van der Waals surface area contributed by atoms with Gasteiger partial charge in [-0.15, -0.1) is 0 Å². The zero-order chi connectivity index (χ0) is 12.4. The molecule has 0 aliphatic heterocycles. The number of nitrogens with zero attached hydrogens (tertiary/aromatic N) is 1. The van der Waals surface area contributed by atoms with Gasteiger partial charge in [-0.05, 0) is 50.8 Å². The molecule has 1 saturated carbocycles. The fourth-order valence-corrected chi connectivity index (χ4v) is 2.38. The Bertz CT molecular complexity index is 388. The highest BCUT2D eigenvalue weighted by Gasteiger charge is 2.31. The van der Waals surface area contributed by atoms with Crippen molar-refractivity contribution in [2.45, 2.75) is 32.2 Å². The number of rotatable bonds is 5. The lowest BCUT2D eigenvalue weighted by molar-refractivity contribution is 0.589. The molecule has 2 rings (SSSR count). The van der Waals surface area contributed by atoms with Crippen LogP contribution in [0.15, 0.2) is 18.2 Å². The average Bonchev–Trinajstić information content (AvgIpc) is 3.14. The molecule has 94 valence electrons. The first-order valence-electron chi connectivity index (χ1n) is 6.35. The lowest BCUT2D eigenvalue weighted by Crippen LogP contribution is -2.31. The van der Waals surface area contributed by atoms with Gasteiger partial charge in [-0.1, -0.05) is 6.07 Å². The summed E-state index contributed by atoms with van der Waals surface area (Å²) in [6, 6.07) is 5.77. The van der Waals surface area contributed by atoms with Crippen LogP contribution in [0.1, 0.15) is 25.3 Å². The third kappa shape index (κ3) is 2.60. The van der Waals surface area contributed by atoms with Crippen LogP contribution in [0.25, 0.3) is 0 Å². The molecular formula is C14H21FN2. The van der Waals surface area contributed by atoms with E-state index in [0.717, 1.165) is 17.2 Å². The number of hydrogen-bond acceptors (Lipinski definition) is 2. The van der Waals surface area contributed by atoms with Crippen molar-refractivity contribution >= 4 is 5.69 Å². The van der Waals surface area contributed by atoms with Gasteiger partial charge >= 0.3 is 0 Å². The van der Waals surface area contributed by atoms with E-state index in [1.54, 1.807) is 6.07 Å². The molecule has 1 aliphatic rings. The summed E-state index contributed by atoms with van der Waals surface area (Å²) in [6.45, 7) is 2.70. The van der Waals surface area contributed by atoms with Crippen molar-refractivity contribution < 1.29 is 4.39 Å². The second-order valence-corrected chi connectivity index (χ2v) is 4.97. The molecular weight excluding hydrogens is 215 g/mol. The van der Waals surface area contributed by atoms with Gasteiger partial charge < -0.3 is 10.6 Å². The van der Waals surface area contributed by atoms with Crippen LogP contribution in [0.2, 0.25) is 0 Å². The lowest BCUT2D eigenvalue weighted by atomic mass is 10.1. The van der Waals surface area contributed by atoms with Gasteiger partial charge in [-0.2, -0.15) is 0 Å². The molecule has 0 aromatic heterocycles. The minimum atomic E-state index is -0.136. The summed E-state index contributed by atoms with van der Waals surface area (Å²) < 4.78 is 13.8. The van der Waals surface area contributed by atoms with E-state index >= 15 is 0 Å². The fourth-order valence-electron chi connectivity index (χ4n) is 2.38. The molecule has 0 saturated heterocycles. The maximum absolute atomic E-state index is 13.8. The van der Waals surface area contributed by atoms with Crippen molar-refractivity contribution in [2.24, 2.45) is 11.7 Å². The SMILES string of the molecule is CC(C1CC1)N(C)c1cccc(F)c1CCN. The summed E-state index contributed by atoms with van der Waals surface area (Å²) in [6.07, 6.45) is 3.20. The Balaban J connectivity index is 2.26. The zero-order valence-electron chi connectivity index (χ0n) is 10.6. The van der Waals surface area contributed by atoms with E-state index in [9.17, 15) is 4.39 Å². The topological polar surface area (TPSA) is 29.3 Å². The van der Waals surface area contributed by atoms with Gasteiger partial charge in [-0.25, -0.2) is 4.39 Å². The smallest absolute Gasteiger partial charge is 0.128 e. The highest BCUT2D eigenvalue weighted by atomic mass is 19.1. The molecule has 2 nitrogen and oxygen atoms in total. The highest BCUT2D eigenvalue weighted by Crippen LogP contribution is 2.37. The van der Waals surface area contributed by atoms with Gasteiger partial charge in [0.1, 0.15) is 5.82 Å². The first-order valence-corrected chi connectivity index (χ1v) is 6.35. The molecule has 1 aromatic rings.